The van der Waals surface area contributed by atoms with Crippen LogP contribution in [0.25, 0.3) is 0 Å². The molecule has 0 fully saturated rings. The molecule has 0 spiro atoms. The maximum absolute atomic E-state index is 11.6. The molecule has 0 bridgehead atoms. The second-order valence-corrected chi connectivity index (χ2v) is 7.20. The molecule has 1 rings (SSSR count). The van der Waals surface area contributed by atoms with Crippen molar-refractivity contribution in [2.24, 2.45) is 4.99 Å². The summed E-state index contributed by atoms with van der Waals surface area (Å²) < 4.78 is 5.20. The Morgan fingerprint density at radius 3 is 2.27 bits per heavy atom. The second kappa shape index (κ2) is 10.7. The molecule has 7 heteroatoms. The van der Waals surface area contributed by atoms with Gasteiger partial charge in [-0.2, -0.15) is 0 Å². The van der Waals surface area contributed by atoms with Crippen molar-refractivity contribution in [1.82, 2.24) is 20.9 Å². The summed E-state index contributed by atoms with van der Waals surface area (Å²) in [6.45, 7) is 7.23. The lowest BCUT2D eigenvalue weighted by Gasteiger charge is -2.26. The van der Waals surface area contributed by atoms with Gasteiger partial charge in [-0.05, 0) is 40.4 Å². The van der Waals surface area contributed by atoms with E-state index < -0.39 is 11.7 Å². The predicted octanol–water partition coefficient (Wildman–Crippen LogP) is 1.98. The summed E-state index contributed by atoms with van der Waals surface area (Å²) in [5.41, 5.74) is 0.750. The molecule has 1 amide bonds. The van der Waals surface area contributed by atoms with Crippen LogP contribution in [0.2, 0.25) is 0 Å². The SMILES string of the molecule is CN=C(NCCNC(=O)OC(C)(C)C)NCC(c1ccccc1)N(C)C. The van der Waals surface area contributed by atoms with Crippen molar-refractivity contribution in [3.05, 3.63) is 35.9 Å². The highest BCUT2D eigenvalue weighted by atomic mass is 16.6. The number of guanidine groups is 1. The van der Waals surface area contributed by atoms with E-state index in [1.165, 1.54) is 5.56 Å². The lowest BCUT2D eigenvalue weighted by Crippen LogP contribution is -2.44. The van der Waals surface area contributed by atoms with Crippen LogP contribution in [0.3, 0.4) is 0 Å². The first kappa shape index (κ1) is 21.8. The van der Waals surface area contributed by atoms with Gasteiger partial charge in [-0.15, -0.1) is 0 Å². The molecule has 0 radical (unpaired) electrons. The zero-order valence-corrected chi connectivity index (χ0v) is 16.8. The normalized spacial score (nSPS) is 13.3. The summed E-state index contributed by atoms with van der Waals surface area (Å²) in [4.78, 5) is 18.0. The third-order valence-corrected chi connectivity index (χ3v) is 3.58. The average molecular weight is 364 g/mol. The Labute approximate surface area is 157 Å². The predicted molar refractivity (Wildman–Crippen MR) is 106 cm³/mol. The van der Waals surface area contributed by atoms with E-state index >= 15 is 0 Å². The highest BCUT2D eigenvalue weighted by Gasteiger charge is 2.16. The first-order valence-corrected chi connectivity index (χ1v) is 8.85. The molecule has 0 aromatic heterocycles. The molecule has 7 nitrogen and oxygen atoms in total. The third-order valence-electron chi connectivity index (χ3n) is 3.58. The number of hydrogen-bond donors (Lipinski definition) is 3. The molecule has 26 heavy (non-hydrogen) atoms. The van der Waals surface area contributed by atoms with Gasteiger partial charge in [0.2, 0.25) is 0 Å². The van der Waals surface area contributed by atoms with Gasteiger partial charge in [-0.1, -0.05) is 30.3 Å². The minimum atomic E-state index is -0.492. The van der Waals surface area contributed by atoms with Gasteiger partial charge in [0.05, 0.1) is 6.04 Å². The van der Waals surface area contributed by atoms with Crippen LogP contribution >= 0.6 is 0 Å². The summed E-state index contributed by atoms with van der Waals surface area (Å²) in [7, 11) is 5.84. The minimum absolute atomic E-state index is 0.231. The second-order valence-electron chi connectivity index (χ2n) is 7.20. The lowest BCUT2D eigenvalue weighted by molar-refractivity contribution is 0.0529. The molecule has 0 saturated heterocycles. The van der Waals surface area contributed by atoms with Gasteiger partial charge in [0.25, 0.3) is 0 Å². The number of ether oxygens (including phenoxy) is 1. The fourth-order valence-corrected chi connectivity index (χ4v) is 2.35. The summed E-state index contributed by atoms with van der Waals surface area (Å²) in [6, 6.07) is 10.6. The number of carbonyl (C=O) groups excluding carboxylic acids is 1. The Morgan fingerprint density at radius 2 is 1.73 bits per heavy atom. The van der Waals surface area contributed by atoms with Crippen molar-refractivity contribution in [1.29, 1.82) is 0 Å². The van der Waals surface area contributed by atoms with Crippen LogP contribution in [0, 0.1) is 0 Å². The zero-order valence-electron chi connectivity index (χ0n) is 16.8. The van der Waals surface area contributed by atoms with Gasteiger partial charge in [0, 0.05) is 26.7 Å². The van der Waals surface area contributed by atoms with Crippen LogP contribution in [-0.4, -0.2) is 63.3 Å². The topological polar surface area (TPSA) is 78.0 Å². The van der Waals surface area contributed by atoms with E-state index in [0.29, 0.717) is 19.0 Å². The molecule has 146 valence electrons. The van der Waals surface area contributed by atoms with Crippen molar-refractivity contribution in [3.8, 4) is 0 Å². The first-order chi connectivity index (χ1) is 12.2. The molecule has 0 aliphatic rings. The van der Waals surface area contributed by atoms with E-state index in [1.54, 1.807) is 7.05 Å². The van der Waals surface area contributed by atoms with Crippen LogP contribution in [0.1, 0.15) is 32.4 Å². The molecular formula is C19H33N5O2. The van der Waals surface area contributed by atoms with E-state index in [4.69, 9.17) is 4.74 Å². The Morgan fingerprint density at radius 1 is 1.12 bits per heavy atom. The number of carbonyl (C=O) groups is 1. The Bertz CT molecular complexity index is 567. The van der Waals surface area contributed by atoms with E-state index in [0.717, 1.165) is 6.54 Å². The average Bonchev–Trinajstić information content (AvgIpc) is 2.56. The van der Waals surface area contributed by atoms with E-state index in [1.807, 2.05) is 39.0 Å². The van der Waals surface area contributed by atoms with Gasteiger partial charge < -0.3 is 25.6 Å². The minimum Gasteiger partial charge on any atom is -0.444 e. The number of hydrogen-bond acceptors (Lipinski definition) is 4. The third kappa shape index (κ3) is 8.71. The summed E-state index contributed by atoms with van der Waals surface area (Å²) in [5.74, 6) is 0.693. The largest absolute Gasteiger partial charge is 0.444 e. The fourth-order valence-electron chi connectivity index (χ4n) is 2.35. The summed E-state index contributed by atoms with van der Waals surface area (Å²) in [5, 5.41) is 9.23. The molecule has 1 aromatic carbocycles. The number of amides is 1. The number of nitrogens with one attached hydrogen (secondary N) is 3. The molecule has 0 aliphatic carbocycles. The summed E-state index contributed by atoms with van der Waals surface area (Å²) >= 11 is 0. The van der Waals surface area contributed by atoms with Crippen LogP contribution in [-0.2, 0) is 4.74 Å². The van der Waals surface area contributed by atoms with E-state index in [2.05, 4.69) is 52.1 Å². The number of alkyl carbamates (subject to hydrolysis) is 1. The molecule has 3 N–H and O–H groups in total. The number of likely N-dealkylation sites (N-methyl/N-ethyl adjacent to an activating group) is 1. The Balaban J connectivity index is 2.39. The number of aliphatic imine (C=N–C) groups is 1. The molecule has 1 unspecified atom stereocenters. The maximum Gasteiger partial charge on any atom is 0.407 e. The maximum atomic E-state index is 11.6. The molecule has 0 heterocycles. The van der Waals surface area contributed by atoms with Gasteiger partial charge in [-0.3, -0.25) is 4.99 Å². The standard InChI is InChI=1S/C19H33N5O2/c1-19(2,3)26-18(25)22-13-12-21-17(20-4)23-14-16(24(5)6)15-10-8-7-9-11-15/h7-11,16H,12-14H2,1-6H3,(H,22,25)(H2,20,21,23). The molecule has 1 aromatic rings. The Kier molecular flexibility index (Phi) is 8.92. The van der Waals surface area contributed by atoms with Crippen LogP contribution < -0.4 is 16.0 Å². The summed E-state index contributed by atoms with van der Waals surface area (Å²) in [6.07, 6.45) is -0.418. The van der Waals surface area contributed by atoms with Gasteiger partial charge >= 0.3 is 6.09 Å². The van der Waals surface area contributed by atoms with Crippen molar-refractivity contribution < 1.29 is 9.53 Å². The Hall–Kier alpha value is -2.28. The number of benzene rings is 1. The van der Waals surface area contributed by atoms with Crippen molar-refractivity contribution in [2.45, 2.75) is 32.4 Å². The van der Waals surface area contributed by atoms with Crippen molar-refractivity contribution in [2.75, 3.05) is 40.8 Å². The van der Waals surface area contributed by atoms with Crippen LogP contribution in [0.5, 0.6) is 0 Å². The molecule has 0 saturated carbocycles. The van der Waals surface area contributed by atoms with Crippen molar-refractivity contribution in [3.63, 3.8) is 0 Å². The molecular weight excluding hydrogens is 330 g/mol. The molecule has 1 atom stereocenters. The van der Waals surface area contributed by atoms with Gasteiger partial charge in [-0.25, -0.2) is 4.79 Å². The quantitative estimate of drug-likeness (QED) is 0.392. The first-order valence-electron chi connectivity index (χ1n) is 8.85. The molecule has 0 aliphatic heterocycles. The fraction of sp³-hybridized carbons (Fsp3) is 0.579. The highest BCUT2D eigenvalue weighted by Crippen LogP contribution is 2.16. The van der Waals surface area contributed by atoms with E-state index in [9.17, 15) is 4.79 Å². The van der Waals surface area contributed by atoms with E-state index in [-0.39, 0.29) is 6.04 Å². The smallest absolute Gasteiger partial charge is 0.407 e. The van der Waals surface area contributed by atoms with Crippen LogP contribution in [0.15, 0.2) is 35.3 Å². The van der Waals surface area contributed by atoms with Gasteiger partial charge in [0.15, 0.2) is 5.96 Å². The zero-order chi connectivity index (χ0) is 19.6. The van der Waals surface area contributed by atoms with Gasteiger partial charge in [0.1, 0.15) is 5.60 Å². The number of rotatable bonds is 7. The van der Waals surface area contributed by atoms with Crippen molar-refractivity contribution >= 4 is 12.1 Å². The lowest BCUT2D eigenvalue weighted by atomic mass is 10.1. The monoisotopic (exact) mass is 363 g/mol. The van der Waals surface area contributed by atoms with Crippen LogP contribution in [0.4, 0.5) is 4.79 Å². The number of nitrogens with zero attached hydrogens (tertiary/aromatic N) is 2. The highest BCUT2D eigenvalue weighted by molar-refractivity contribution is 5.79.